The monoisotopic (exact) mass is 222 g/mol. The van der Waals surface area contributed by atoms with Crippen molar-refractivity contribution in [3.05, 3.63) is 48.0 Å². The summed E-state index contributed by atoms with van der Waals surface area (Å²) in [5.41, 5.74) is 2.79. The third-order valence-electron chi connectivity index (χ3n) is 2.86. The maximum Gasteiger partial charge on any atom is 0.0477 e. The van der Waals surface area contributed by atoms with Crippen molar-refractivity contribution in [2.45, 2.75) is 38.0 Å². The minimum Gasteiger partial charge on any atom is -0.122 e. The highest BCUT2D eigenvalue weighted by Gasteiger charge is 2.21. The molecule has 0 heterocycles. The molecule has 0 atom stereocenters. The zero-order chi connectivity index (χ0) is 11.3. The van der Waals surface area contributed by atoms with Crippen molar-refractivity contribution in [1.82, 2.24) is 0 Å². The first kappa shape index (κ1) is 12.3. The van der Waals surface area contributed by atoms with Gasteiger partial charge in [-0.05, 0) is 29.4 Å². The molecule has 0 radical (unpaired) electrons. The molecule has 1 aromatic rings. The summed E-state index contributed by atoms with van der Waals surface area (Å²) in [4.78, 5) is 0. The van der Waals surface area contributed by atoms with Crippen LogP contribution < -0.4 is 0 Å². The lowest BCUT2D eigenvalue weighted by Gasteiger charge is -2.27. The molecule has 1 heteroatoms. The van der Waals surface area contributed by atoms with Crippen LogP contribution in [0.15, 0.2) is 36.9 Å². The summed E-state index contributed by atoms with van der Waals surface area (Å²) >= 11 is 5.95. The number of allylic oxidation sites excluding steroid dienone is 1. The van der Waals surface area contributed by atoms with Crippen LogP contribution in [0.3, 0.4) is 0 Å². The average molecular weight is 223 g/mol. The van der Waals surface area contributed by atoms with Crippen LogP contribution in [-0.4, -0.2) is 0 Å². The van der Waals surface area contributed by atoms with Gasteiger partial charge in [0, 0.05) is 5.88 Å². The number of hydrogen-bond donors (Lipinski definition) is 0. The Bertz CT molecular complexity index is 326. The van der Waals surface area contributed by atoms with Crippen LogP contribution in [0.1, 0.15) is 37.8 Å². The Morgan fingerprint density at radius 1 is 1.33 bits per heavy atom. The summed E-state index contributed by atoms with van der Waals surface area (Å²) in [5, 5.41) is 0. The molecule has 0 amide bonds. The van der Waals surface area contributed by atoms with Gasteiger partial charge in [0.2, 0.25) is 0 Å². The van der Waals surface area contributed by atoms with Crippen LogP contribution in [0.5, 0.6) is 0 Å². The van der Waals surface area contributed by atoms with E-state index in [1.54, 1.807) is 0 Å². The van der Waals surface area contributed by atoms with Crippen LogP contribution in [0, 0.1) is 0 Å². The van der Waals surface area contributed by atoms with Crippen molar-refractivity contribution in [1.29, 1.82) is 0 Å². The van der Waals surface area contributed by atoms with Gasteiger partial charge in [-0.3, -0.25) is 0 Å². The Kier molecular flexibility index (Phi) is 4.41. The van der Waals surface area contributed by atoms with Crippen molar-refractivity contribution >= 4 is 11.6 Å². The lowest BCUT2D eigenvalue weighted by molar-refractivity contribution is 0.482. The fourth-order valence-corrected chi connectivity index (χ4v) is 2.13. The topological polar surface area (TPSA) is 0 Å². The SMILES string of the molecule is C=CCCC(C)(C)c1ccccc1CCl. The molecule has 0 aliphatic carbocycles. The molecule has 1 rings (SSSR count). The molecule has 0 fully saturated rings. The molecule has 0 bridgehead atoms. The summed E-state index contributed by atoms with van der Waals surface area (Å²) in [5.74, 6) is 0.591. The second-order valence-electron chi connectivity index (χ2n) is 4.50. The Morgan fingerprint density at radius 3 is 2.60 bits per heavy atom. The number of alkyl halides is 1. The average Bonchev–Trinajstić information content (AvgIpc) is 2.26. The first-order chi connectivity index (χ1) is 7.11. The van der Waals surface area contributed by atoms with Gasteiger partial charge >= 0.3 is 0 Å². The van der Waals surface area contributed by atoms with Crippen LogP contribution in [0.4, 0.5) is 0 Å². The number of hydrogen-bond acceptors (Lipinski definition) is 0. The summed E-state index contributed by atoms with van der Waals surface area (Å²) in [6, 6.07) is 8.42. The summed E-state index contributed by atoms with van der Waals surface area (Å²) < 4.78 is 0. The lowest BCUT2D eigenvalue weighted by atomic mass is 9.78. The highest BCUT2D eigenvalue weighted by Crippen LogP contribution is 2.31. The Balaban J connectivity index is 2.96. The van der Waals surface area contributed by atoms with Crippen LogP contribution >= 0.6 is 11.6 Å². The smallest absolute Gasteiger partial charge is 0.0477 e. The van der Waals surface area contributed by atoms with Gasteiger partial charge in [0.1, 0.15) is 0 Å². The van der Waals surface area contributed by atoms with Gasteiger partial charge in [0.05, 0.1) is 0 Å². The minimum atomic E-state index is 0.180. The quantitative estimate of drug-likeness (QED) is 0.502. The third kappa shape index (κ3) is 3.10. The van der Waals surface area contributed by atoms with Crippen LogP contribution in [0.2, 0.25) is 0 Å². The molecular formula is C14H19Cl. The van der Waals surface area contributed by atoms with Crippen molar-refractivity contribution in [2.24, 2.45) is 0 Å². The zero-order valence-electron chi connectivity index (χ0n) is 9.59. The van der Waals surface area contributed by atoms with E-state index in [2.05, 4.69) is 38.6 Å². The minimum absolute atomic E-state index is 0.180. The summed E-state index contributed by atoms with van der Waals surface area (Å²) in [6.45, 7) is 8.31. The summed E-state index contributed by atoms with van der Waals surface area (Å²) in [7, 11) is 0. The van der Waals surface area contributed by atoms with Gasteiger partial charge < -0.3 is 0 Å². The fraction of sp³-hybridized carbons (Fsp3) is 0.429. The van der Waals surface area contributed by atoms with E-state index in [1.165, 1.54) is 11.1 Å². The fourth-order valence-electron chi connectivity index (χ4n) is 1.89. The van der Waals surface area contributed by atoms with E-state index in [0.29, 0.717) is 5.88 Å². The number of benzene rings is 1. The predicted octanol–water partition coefficient (Wildman–Crippen LogP) is 4.67. The van der Waals surface area contributed by atoms with Gasteiger partial charge in [-0.25, -0.2) is 0 Å². The second kappa shape index (κ2) is 5.37. The van der Waals surface area contributed by atoms with Gasteiger partial charge in [-0.15, -0.1) is 18.2 Å². The third-order valence-corrected chi connectivity index (χ3v) is 3.15. The Morgan fingerprint density at radius 2 is 2.00 bits per heavy atom. The Hall–Kier alpha value is -0.750. The normalized spacial score (nSPS) is 11.4. The second-order valence-corrected chi connectivity index (χ2v) is 4.77. The van der Waals surface area contributed by atoms with E-state index < -0.39 is 0 Å². The van der Waals surface area contributed by atoms with Gasteiger partial charge in [-0.1, -0.05) is 44.2 Å². The molecule has 0 spiro atoms. The van der Waals surface area contributed by atoms with Crippen LogP contribution in [0.25, 0.3) is 0 Å². The number of halogens is 1. The van der Waals surface area contributed by atoms with Gasteiger partial charge in [0.15, 0.2) is 0 Å². The van der Waals surface area contributed by atoms with E-state index >= 15 is 0 Å². The van der Waals surface area contributed by atoms with E-state index in [-0.39, 0.29) is 5.41 Å². The highest BCUT2D eigenvalue weighted by molar-refractivity contribution is 6.17. The maximum absolute atomic E-state index is 5.95. The molecule has 1 aromatic carbocycles. The molecule has 0 saturated heterocycles. The summed E-state index contributed by atoms with van der Waals surface area (Å²) in [6.07, 6.45) is 4.14. The molecule has 0 nitrogen and oxygen atoms in total. The largest absolute Gasteiger partial charge is 0.122 e. The van der Waals surface area contributed by atoms with Crippen molar-refractivity contribution in [3.8, 4) is 0 Å². The molecule has 0 N–H and O–H groups in total. The molecule has 0 aliphatic heterocycles. The van der Waals surface area contributed by atoms with E-state index in [1.807, 2.05) is 12.1 Å². The lowest BCUT2D eigenvalue weighted by Crippen LogP contribution is -2.18. The first-order valence-corrected chi connectivity index (χ1v) is 5.90. The molecule has 82 valence electrons. The van der Waals surface area contributed by atoms with Crippen molar-refractivity contribution < 1.29 is 0 Å². The Labute approximate surface area is 98.0 Å². The molecule has 0 aromatic heterocycles. The van der Waals surface area contributed by atoms with Gasteiger partial charge in [-0.2, -0.15) is 0 Å². The van der Waals surface area contributed by atoms with Crippen LogP contribution in [-0.2, 0) is 11.3 Å². The van der Waals surface area contributed by atoms with E-state index in [4.69, 9.17) is 11.6 Å². The predicted molar refractivity (Wildman–Crippen MR) is 68.5 cm³/mol. The van der Waals surface area contributed by atoms with Crippen molar-refractivity contribution in [2.75, 3.05) is 0 Å². The first-order valence-electron chi connectivity index (χ1n) is 5.37. The van der Waals surface area contributed by atoms with E-state index in [0.717, 1.165) is 12.8 Å². The zero-order valence-corrected chi connectivity index (χ0v) is 10.3. The van der Waals surface area contributed by atoms with E-state index in [9.17, 15) is 0 Å². The molecule has 0 aliphatic rings. The molecular weight excluding hydrogens is 204 g/mol. The van der Waals surface area contributed by atoms with Gasteiger partial charge in [0.25, 0.3) is 0 Å². The van der Waals surface area contributed by atoms with Crippen molar-refractivity contribution in [3.63, 3.8) is 0 Å². The molecule has 0 unspecified atom stereocenters. The highest BCUT2D eigenvalue weighted by atomic mass is 35.5. The number of rotatable bonds is 5. The standard InChI is InChI=1S/C14H19Cl/c1-4-5-10-14(2,3)13-9-7-6-8-12(13)11-15/h4,6-9H,1,5,10-11H2,2-3H3. The molecule has 15 heavy (non-hydrogen) atoms. The maximum atomic E-state index is 5.95. The molecule has 0 saturated carbocycles.